The van der Waals surface area contributed by atoms with Crippen molar-refractivity contribution in [3.63, 3.8) is 0 Å². The van der Waals surface area contributed by atoms with Gasteiger partial charge < -0.3 is 9.72 Å². The van der Waals surface area contributed by atoms with E-state index in [4.69, 9.17) is 4.74 Å². The number of ether oxygens (including phenoxy) is 1. The van der Waals surface area contributed by atoms with Gasteiger partial charge in [0, 0.05) is 6.20 Å². The molecule has 0 aromatic carbocycles. The predicted molar refractivity (Wildman–Crippen MR) is 49.3 cm³/mol. The van der Waals surface area contributed by atoms with Gasteiger partial charge in [0.15, 0.2) is 0 Å². The van der Waals surface area contributed by atoms with Crippen LogP contribution in [0.15, 0.2) is 18.5 Å². The minimum Gasteiger partial charge on any atom is -0.489 e. The summed E-state index contributed by atoms with van der Waals surface area (Å²) in [6.45, 7) is 0. The minimum absolute atomic E-state index is 0.0567. The SMILES string of the molecule is COc1cnc2[nH]ccc2c1[N+](=O)[O-]. The molecule has 0 aliphatic heterocycles. The van der Waals surface area contributed by atoms with Crippen LogP contribution in [0.1, 0.15) is 0 Å². The van der Waals surface area contributed by atoms with E-state index in [1.807, 2.05) is 0 Å². The maximum absolute atomic E-state index is 10.8. The summed E-state index contributed by atoms with van der Waals surface area (Å²) in [5.41, 5.74) is 0.427. The number of aromatic nitrogens is 2. The Morgan fingerprint density at radius 1 is 1.64 bits per heavy atom. The number of nitrogens with zero attached hydrogens (tertiary/aromatic N) is 2. The molecule has 72 valence electrons. The van der Waals surface area contributed by atoms with E-state index < -0.39 is 4.92 Å². The molecule has 0 aliphatic carbocycles. The fourth-order valence-corrected chi connectivity index (χ4v) is 1.31. The van der Waals surface area contributed by atoms with E-state index in [1.165, 1.54) is 13.3 Å². The second-order valence-corrected chi connectivity index (χ2v) is 2.67. The van der Waals surface area contributed by atoms with Gasteiger partial charge in [0.25, 0.3) is 0 Å². The van der Waals surface area contributed by atoms with Crippen LogP contribution in [-0.4, -0.2) is 22.0 Å². The number of pyridine rings is 1. The van der Waals surface area contributed by atoms with Gasteiger partial charge in [-0.05, 0) is 6.07 Å². The van der Waals surface area contributed by atoms with Crippen molar-refractivity contribution in [1.29, 1.82) is 0 Å². The molecule has 0 bridgehead atoms. The number of hydrogen-bond acceptors (Lipinski definition) is 4. The monoisotopic (exact) mass is 193 g/mol. The number of hydrogen-bond donors (Lipinski definition) is 1. The molecule has 2 aromatic heterocycles. The molecule has 6 heteroatoms. The highest BCUT2D eigenvalue weighted by Crippen LogP contribution is 2.32. The van der Waals surface area contributed by atoms with E-state index >= 15 is 0 Å². The van der Waals surface area contributed by atoms with Crippen molar-refractivity contribution < 1.29 is 9.66 Å². The Morgan fingerprint density at radius 2 is 2.43 bits per heavy atom. The Kier molecular flexibility index (Phi) is 1.81. The van der Waals surface area contributed by atoms with Gasteiger partial charge >= 0.3 is 5.69 Å². The zero-order valence-corrected chi connectivity index (χ0v) is 7.35. The standard InChI is InChI=1S/C8H7N3O3/c1-14-6-4-10-8-5(2-3-9-8)7(6)11(12)13/h2-4H,1H3,(H,9,10). The first-order valence-electron chi connectivity index (χ1n) is 3.88. The number of nitrogens with one attached hydrogen (secondary N) is 1. The molecule has 2 rings (SSSR count). The van der Waals surface area contributed by atoms with Crippen molar-refractivity contribution in [2.75, 3.05) is 7.11 Å². The fraction of sp³-hybridized carbons (Fsp3) is 0.125. The molecule has 0 radical (unpaired) electrons. The zero-order chi connectivity index (χ0) is 10.1. The number of nitro groups is 1. The number of rotatable bonds is 2. The smallest absolute Gasteiger partial charge is 0.323 e. The molecular formula is C8H7N3O3. The Hall–Kier alpha value is -2.11. The van der Waals surface area contributed by atoms with E-state index in [9.17, 15) is 10.1 Å². The molecule has 6 nitrogen and oxygen atoms in total. The van der Waals surface area contributed by atoms with Crippen molar-refractivity contribution in [3.05, 3.63) is 28.6 Å². The van der Waals surface area contributed by atoms with Gasteiger partial charge in [0.2, 0.25) is 5.75 Å². The van der Waals surface area contributed by atoms with Gasteiger partial charge in [-0.25, -0.2) is 4.98 Å². The van der Waals surface area contributed by atoms with Crippen molar-refractivity contribution in [2.45, 2.75) is 0 Å². The summed E-state index contributed by atoms with van der Waals surface area (Å²) in [5, 5.41) is 11.2. The first-order valence-corrected chi connectivity index (χ1v) is 3.88. The molecule has 1 N–H and O–H groups in total. The van der Waals surface area contributed by atoms with Gasteiger partial charge in [-0.1, -0.05) is 0 Å². The van der Waals surface area contributed by atoms with Crippen molar-refractivity contribution in [3.8, 4) is 5.75 Å². The number of methoxy groups -OCH3 is 1. The van der Waals surface area contributed by atoms with Crippen molar-refractivity contribution in [2.24, 2.45) is 0 Å². The second-order valence-electron chi connectivity index (χ2n) is 2.67. The Morgan fingerprint density at radius 3 is 3.07 bits per heavy atom. The third kappa shape index (κ3) is 1.08. The summed E-state index contributed by atoms with van der Waals surface area (Å²) in [4.78, 5) is 17.1. The summed E-state index contributed by atoms with van der Waals surface area (Å²) >= 11 is 0. The highest BCUT2D eigenvalue weighted by Gasteiger charge is 2.20. The summed E-state index contributed by atoms with van der Waals surface area (Å²) in [6.07, 6.45) is 2.93. The van der Waals surface area contributed by atoms with Gasteiger partial charge in [0.1, 0.15) is 11.0 Å². The molecule has 2 heterocycles. The summed E-state index contributed by atoms with van der Waals surface area (Å²) in [6, 6.07) is 1.60. The fourth-order valence-electron chi connectivity index (χ4n) is 1.31. The second kappa shape index (κ2) is 2.99. The van der Waals surface area contributed by atoms with Crippen LogP contribution in [0.25, 0.3) is 11.0 Å². The quantitative estimate of drug-likeness (QED) is 0.578. The summed E-state index contributed by atoms with van der Waals surface area (Å²) < 4.78 is 4.87. The lowest BCUT2D eigenvalue weighted by atomic mass is 10.3. The molecule has 14 heavy (non-hydrogen) atoms. The molecule has 0 spiro atoms. The van der Waals surface area contributed by atoms with E-state index in [0.29, 0.717) is 11.0 Å². The first-order chi connectivity index (χ1) is 6.74. The van der Waals surface area contributed by atoms with Gasteiger partial charge in [0.05, 0.1) is 18.2 Å². The first kappa shape index (κ1) is 8.49. The van der Waals surface area contributed by atoms with Crippen molar-refractivity contribution >= 4 is 16.7 Å². The molecule has 0 unspecified atom stereocenters. The molecule has 0 fully saturated rings. The predicted octanol–water partition coefficient (Wildman–Crippen LogP) is 1.48. The third-order valence-electron chi connectivity index (χ3n) is 1.93. The number of aromatic amines is 1. The maximum Gasteiger partial charge on any atom is 0.323 e. The Balaban J connectivity index is 2.82. The summed E-state index contributed by atoms with van der Waals surface area (Å²) in [7, 11) is 1.38. The number of H-pyrrole nitrogens is 1. The Bertz CT molecular complexity index is 492. The van der Waals surface area contributed by atoms with E-state index in [1.54, 1.807) is 12.3 Å². The van der Waals surface area contributed by atoms with Gasteiger partial charge in [-0.2, -0.15) is 0 Å². The molecule has 0 saturated carbocycles. The largest absolute Gasteiger partial charge is 0.489 e. The lowest BCUT2D eigenvalue weighted by molar-refractivity contribution is -0.384. The van der Waals surface area contributed by atoms with Crippen LogP contribution in [0.4, 0.5) is 5.69 Å². The molecule has 0 saturated heterocycles. The Labute approximate surface area is 78.7 Å². The van der Waals surface area contributed by atoms with Crippen LogP contribution in [0.3, 0.4) is 0 Å². The normalized spacial score (nSPS) is 10.4. The van der Waals surface area contributed by atoms with Gasteiger partial charge in [-0.3, -0.25) is 10.1 Å². The van der Waals surface area contributed by atoms with Crippen LogP contribution in [-0.2, 0) is 0 Å². The molecule has 2 aromatic rings. The lowest BCUT2D eigenvalue weighted by Crippen LogP contribution is -1.95. The molecule has 0 atom stereocenters. The highest BCUT2D eigenvalue weighted by atomic mass is 16.6. The lowest BCUT2D eigenvalue weighted by Gasteiger charge is -2.00. The average Bonchev–Trinajstić information content (AvgIpc) is 2.62. The van der Waals surface area contributed by atoms with Crippen molar-refractivity contribution in [1.82, 2.24) is 9.97 Å². The molecular weight excluding hydrogens is 186 g/mol. The maximum atomic E-state index is 10.8. The van der Waals surface area contributed by atoms with Gasteiger partial charge in [-0.15, -0.1) is 0 Å². The topological polar surface area (TPSA) is 81.0 Å². The van der Waals surface area contributed by atoms with E-state index in [-0.39, 0.29) is 11.4 Å². The van der Waals surface area contributed by atoms with Crippen LogP contribution >= 0.6 is 0 Å². The highest BCUT2D eigenvalue weighted by molar-refractivity contribution is 5.88. The van der Waals surface area contributed by atoms with Crippen LogP contribution in [0.2, 0.25) is 0 Å². The summed E-state index contributed by atoms with van der Waals surface area (Å²) in [5.74, 6) is 0.169. The average molecular weight is 193 g/mol. The van der Waals surface area contributed by atoms with Crippen LogP contribution in [0.5, 0.6) is 5.75 Å². The van der Waals surface area contributed by atoms with E-state index in [2.05, 4.69) is 9.97 Å². The van der Waals surface area contributed by atoms with Crippen LogP contribution in [0, 0.1) is 10.1 Å². The molecule has 0 aliphatic rings. The minimum atomic E-state index is -0.476. The van der Waals surface area contributed by atoms with Crippen LogP contribution < -0.4 is 4.74 Å². The van der Waals surface area contributed by atoms with E-state index in [0.717, 1.165) is 0 Å². The molecule has 0 amide bonds. The third-order valence-corrected chi connectivity index (χ3v) is 1.93. The zero-order valence-electron chi connectivity index (χ0n) is 7.35. The number of fused-ring (bicyclic) bond motifs is 1.